The van der Waals surface area contributed by atoms with E-state index in [0.717, 1.165) is 15.1 Å². The normalized spacial score (nSPS) is 10.4. The standard InChI is InChI=1S/4C18H15P.C10H7NS.C9H6N2O2S.C6H6BNO4.C3H2BrNS.CH4.Pd/c4*1-4-10-16(11-5-1)19(17-12-6-2-7-13-17)18-14-8-3-9-15-18;1-2-4-8-7(3-1)5-9-10(8)12-6-11-9;12-11(13)8-4-2-1-3-7(8)9-5-10-6-14-9;9-7(10)5-3-1-2-4-6(5)8(11)12;4-3-1-5-2-6-3;;/h4*1-15H;1-4,6H,5H2;1-6H;1-4,9-10H;1-2H;1H4;. The van der Waals surface area contributed by atoms with E-state index >= 15 is 0 Å². The minimum atomic E-state index is -1.80. The Balaban J connectivity index is 0.000000148. The Morgan fingerprint density at radius 1 is 0.311 bits per heavy atom. The van der Waals surface area contributed by atoms with Crippen molar-refractivity contribution in [1.29, 1.82) is 0 Å². The Kier molecular flexibility index (Phi) is 38.9. The van der Waals surface area contributed by atoms with Crippen molar-refractivity contribution in [2.45, 2.75) is 13.8 Å². The molecule has 0 unspecified atom stereocenters. The van der Waals surface area contributed by atoms with Gasteiger partial charge in [0.05, 0.1) is 62.8 Å². The number of nitrogens with zero attached hydrogens (tertiary/aromatic N) is 5. The number of para-hydroxylation sites is 2. The van der Waals surface area contributed by atoms with Gasteiger partial charge in [0.25, 0.3) is 11.4 Å². The molecule has 0 saturated carbocycles. The fourth-order valence-corrected chi connectivity index (χ4v) is 24.1. The Labute approximate surface area is 753 Å². The summed E-state index contributed by atoms with van der Waals surface area (Å²) in [4.78, 5) is 34.2. The van der Waals surface area contributed by atoms with E-state index in [1.807, 2.05) is 5.51 Å². The minimum Gasteiger partial charge on any atom is -0.423 e. The minimum absolute atomic E-state index is 0. The van der Waals surface area contributed by atoms with Crippen LogP contribution in [0.5, 0.6) is 0 Å². The van der Waals surface area contributed by atoms with Crippen molar-refractivity contribution in [3.63, 3.8) is 0 Å². The summed E-state index contributed by atoms with van der Waals surface area (Å²) in [6.07, 6.45) is 4.42. The SMILES string of the molecule is Brc1cncs1.C.O=[N+]([O-])c1ccccc1-c1cncs1.O=[N+]([O-])c1ccccc1B(O)O.[Pd].c1ccc(P(c2ccccc2)c2ccccc2)cc1.c1ccc(P(c2ccccc2)c2ccccc2)cc1.c1ccc(P(c2ccccc2)c2ccccc2)cc1.c1ccc(P(c2ccccc2)c2ccccc2)cc1.c1ccc2c(c1)Cc1ncsc1-2. The average Bonchev–Trinajstić information content (AvgIpc) is 1.63. The molecule has 3 heterocycles. The number of hydrogen-bond donors (Lipinski definition) is 2. The zero-order valence-corrected chi connectivity index (χ0v) is 74.4. The van der Waals surface area contributed by atoms with Crippen LogP contribution in [0.4, 0.5) is 11.4 Å². The molecule has 3 aromatic heterocycles. The molecule has 2 N–H and O–H groups in total. The Morgan fingerprint density at radius 3 is 0.811 bits per heavy atom. The van der Waals surface area contributed by atoms with Crippen LogP contribution in [-0.2, 0) is 26.8 Å². The van der Waals surface area contributed by atoms with E-state index in [1.165, 1.54) is 127 Å². The van der Waals surface area contributed by atoms with Crippen molar-refractivity contribution in [3.8, 4) is 20.9 Å². The van der Waals surface area contributed by atoms with Gasteiger partial charge >= 0.3 is 7.12 Å². The second-order valence-corrected chi connectivity index (χ2v) is 38.9. The molecule has 21 heteroatoms. The Hall–Kier alpha value is -11.2. The van der Waals surface area contributed by atoms with Crippen molar-refractivity contribution in [3.05, 3.63) is 501 Å². The van der Waals surface area contributed by atoms with E-state index in [-0.39, 0.29) is 49.6 Å². The van der Waals surface area contributed by atoms with Gasteiger partial charge in [0.15, 0.2) is 0 Å². The third-order valence-corrected chi connectivity index (χ3v) is 30.9. The number of thiazole rings is 3. The maximum atomic E-state index is 10.7. The number of benzene rings is 15. The third-order valence-electron chi connectivity index (χ3n) is 18.0. The van der Waals surface area contributed by atoms with Crippen LogP contribution in [0, 0.1) is 20.2 Å². The van der Waals surface area contributed by atoms with E-state index in [1.54, 1.807) is 64.3 Å². The first kappa shape index (κ1) is 93.1. The van der Waals surface area contributed by atoms with Gasteiger partial charge in [-0.3, -0.25) is 30.2 Å². The smallest absolute Gasteiger partial charge is 0.423 e. The molecular formula is C101H85BBrN5O6P4PdS3. The number of nitro groups is 2. The summed E-state index contributed by atoms with van der Waals surface area (Å²) in [5, 5.41) is 55.2. The number of aromatic nitrogens is 3. The fourth-order valence-electron chi connectivity index (χ4n) is 12.7. The van der Waals surface area contributed by atoms with Gasteiger partial charge in [-0.2, -0.15) is 0 Å². The molecular weight excluding hydrogens is 1800 g/mol. The molecule has 0 aliphatic heterocycles. The van der Waals surface area contributed by atoms with Crippen LogP contribution in [0.1, 0.15) is 18.7 Å². The molecule has 608 valence electrons. The topological polar surface area (TPSA) is 165 Å². The Bertz CT molecular complexity index is 5120. The van der Waals surface area contributed by atoms with Gasteiger partial charge in [-0.25, -0.2) is 4.98 Å². The van der Waals surface area contributed by atoms with Gasteiger partial charge in [-0.15, -0.1) is 34.0 Å². The quantitative estimate of drug-likeness (QED) is 0.0414. The monoisotopic (exact) mass is 1880 g/mol. The predicted molar refractivity (Wildman–Crippen MR) is 525 cm³/mol. The maximum Gasteiger partial charge on any atom is 0.495 e. The van der Waals surface area contributed by atoms with Crippen molar-refractivity contribution in [2.75, 3.05) is 0 Å². The van der Waals surface area contributed by atoms with Crippen LogP contribution in [0.15, 0.2) is 469 Å². The molecule has 0 spiro atoms. The molecule has 0 amide bonds. The summed E-state index contributed by atoms with van der Waals surface area (Å²) >= 11 is 7.96. The molecule has 0 bridgehead atoms. The van der Waals surface area contributed by atoms with Gasteiger partial charge in [-0.05, 0) is 128 Å². The summed E-state index contributed by atoms with van der Waals surface area (Å²) < 4.78 is 1.09. The third kappa shape index (κ3) is 27.7. The van der Waals surface area contributed by atoms with Crippen LogP contribution in [0.2, 0.25) is 0 Å². The first-order valence-electron chi connectivity index (χ1n) is 38.1. The molecule has 19 rings (SSSR count). The largest absolute Gasteiger partial charge is 0.495 e. The molecule has 0 fully saturated rings. The number of halogens is 1. The van der Waals surface area contributed by atoms with Crippen LogP contribution in [-0.4, -0.2) is 42.0 Å². The summed E-state index contributed by atoms with van der Waals surface area (Å²) in [5.74, 6) is 0. The van der Waals surface area contributed by atoms with Gasteiger partial charge in [0, 0.05) is 45.2 Å². The molecule has 15 aromatic carbocycles. The molecule has 122 heavy (non-hydrogen) atoms. The first-order chi connectivity index (χ1) is 59.1. The van der Waals surface area contributed by atoms with Gasteiger partial charge in [-0.1, -0.05) is 426 Å². The van der Waals surface area contributed by atoms with E-state index in [2.05, 4.69) is 419 Å². The number of fused-ring (bicyclic) bond motifs is 3. The maximum absolute atomic E-state index is 10.7. The van der Waals surface area contributed by atoms with Crippen molar-refractivity contribution in [1.82, 2.24) is 15.0 Å². The number of rotatable bonds is 16. The van der Waals surface area contributed by atoms with E-state index in [0.29, 0.717) is 5.56 Å². The van der Waals surface area contributed by atoms with Crippen molar-refractivity contribution in [2.24, 2.45) is 0 Å². The first-order valence-corrected chi connectivity index (χ1v) is 46.9. The summed E-state index contributed by atoms with van der Waals surface area (Å²) in [6, 6.07) is 150. The van der Waals surface area contributed by atoms with Gasteiger partial charge in [0.1, 0.15) is 0 Å². The molecule has 0 atom stereocenters. The summed E-state index contributed by atoms with van der Waals surface area (Å²) in [7, 11) is -3.58. The van der Waals surface area contributed by atoms with E-state index in [4.69, 9.17) is 10.0 Å². The zero-order chi connectivity index (χ0) is 83.1. The van der Waals surface area contributed by atoms with Crippen molar-refractivity contribution >= 4 is 169 Å². The second kappa shape index (κ2) is 50.9. The van der Waals surface area contributed by atoms with Crippen LogP contribution in [0.3, 0.4) is 0 Å². The van der Waals surface area contributed by atoms with Crippen LogP contribution < -0.4 is 69.1 Å². The average molecular weight is 1880 g/mol. The molecule has 1 aliphatic carbocycles. The van der Waals surface area contributed by atoms with E-state index < -0.39 is 43.7 Å². The molecule has 18 aromatic rings. The summed E-state index contributed by atoms with van der Waals surface area (Å²) in [6.45, 7) is 0. The second-order valence-electron chi connectivity index (χ2n) is 26.0. The van der Waals surface area contributed by atoms with Crippen LogP contribution in [0.25, 0.3) is 20.9 Å². The van der Waals surface area contributed by atoms with Crippen molar-refractivity contribution < 1.29 is 40.3 Å². The molecule has 1 aliphatic rings. The molecule has 11 nitrogen and oxygen atoms in total. The predicted octanol–water partition coefficient (Wildman–Crippen LogP) is 21.0. The fraction of sp³-hybridized carbons (Fsp3) is 0.0198. The number of nitro benzene ring substituents is 2. The van der Waals surface area contributed by atoms with Gasteiger partial charge in [0.2, 0.25) is 0 Å². The van der Waals surface area contributed by atoms with Gasteiger partial charge < -0.3 is 10.0 Å². The molecule has 0 saturated heterocycles. The van der Waals surface area contributed by atoms with E-state index in [9.17, 15) is 20.2 Å². The molecule has 0 radical (unpaired) electrons. The number of hydrogen-bond acceptors (Lipinski definition) is 12. The Morgan fingerprint density at radius 2 is 0.566 bits per heavy atom. The summed E-state index contributed by atoms with van der Waals surface area (Å²) in [5.41, 5.74) is 9.80. The zero-order valence-electron chi connectivity index (χ0n) is 65.2. The van der Waals surface area contributed by atoms with Crippen LogP contribution >= 0.6 is 81.6 Å².